The van der Waals surface area contributed by atoms with Crippen LogP contribution in [-0.2, 0) is 18.3 Å². The van der Waals surface area contributed by atoms with E-state index in [2.05, 4.69) is 21.3 Å². The summed E-state index contributed by atoms with van der Waals surface area (Å²) in [6, 6.07) is 13.6. The number of nitrogens with zero attached hydrogens (tertiary/aromatic N) is 4. The van der Waals surface area contributed by atoms with Gasteiger partial charge >= 0.3 is 0 Å². The van der Waals surface area contributed by atoms with Gasteiger partial charge in [-0.05, 0) is 36.1 Å². The largest absolute Gasteiger partial charge is 0.345 e. The summed E-state index contributed by atoms with van der Waals surface area (Å²) >= 11 is 0. The highest BCUT2D eigenvalue weighted by Gasteiger charge is 2.46. The number of carbonyl (C=O) groups is 2. The second kappa shape index (κ2) is 9.06. The maximum atomic E-state index is 13.3. The molecule has 3 aromatic rings. The van der Waals surface area contributed by atoms with Crippen LogP contribution >= 0.6 is 0 Å². The SMILES string of the molecule is C#CCNC(=O)[C@@]1(Cc2ccccc2-c2cccnc2)CCN(C(=O)c2ccn(C)n2)C1. The molecular formula is C25H25N5O2. The van der Waals surface area contributed by atoms with Crippen LogP contribution in [0.4, 0.5) is 0 Å². The normalized spacial score (nSPS) is 17.7. The fourth-order valence-electron chi connectivity index (χ4n) is 4.31. The van der Waals surface area contributed by atoms with Gasteiger partial charge in [-0.3, -0.25) is 19.3 Å². The summed E-state index contributed by atoms with van der Waals surface area (Å²) in [5.41, 5.74) is 2.65. The molecule has 0 bridgehead atoms. The van der Waals surface area contributed by atoms with Gasteiger partial charge in [-0.2, -0.15) is 5.10 Å². The Kier molecular flexibility index (Phi) is 6.04. The maximum Gasteiger partial charge on any atom is 0.274 e. The highest BCUT2D eigenvalue weighted by Crippen LogP contribution is 2.38. The molecule has 3 heterocycles. The second-order valence-electron chi connectivity index (χ2n) is 8.09. The van der Waals surface area contributed by atoms with Gasteiger partial charge < -0.3 is 10.2 Å². The average Bonchev–Trinajstić information content (AvgIpc) is 3.45. The van der Waals surface area contributed by atoms with Gasteiger partial charge in [0.25, 0.3) is 5.91 Å². The van der Waals surface area contributed by atoms with Crippen molar-refractivity contribution in [3.8, 4) is 23.5 Å². The lowest BCUT2D eigenvalue weighted by Crippen LogP contribution is -2.45. The zero-order valence-corrected chi connectivity index (χ0v) is 18.0. The number of carbonyl (C=O) groups excluding carboxylic acids is 2. The summed E-state index contributed by atoms with van der Waals surface area (Å²) in [6.07, 6.45) is 11.7. The second-order valence-corrected chi connectivity index (χ2v) is 8.09. The fourth-order valence-corrected chi connectivity index (χ4v) is 4.31. The standard InChI is InChI=1S/C25H25N5O2/c1-3-12-27-24(32)25(11-15-30(18-25)23(31)22-10-14-29(2)28-22)16-19-7-4-5-9-21(19)20-8-6-13-26-17-20/h1,4-10,13-14,17H,11-12,15-16,18H2,2H3,(H,27,32)/t25-/m1/s1. The Morgan fingerprint density at radius 3 is 2.78 bits per heavy atom. The number of hydrogen-bond acceptors (Lipinski definition) is 4. The molecule has 0 spiro atoms. The minimum atomic E-state index is -0.778. The van der Waals surface area contributed by atoms with Crippen LogP contribution in [0.3, 0.4) is 0 Å². The quantitative estimate of drug-likeness (QED) is 0.612. The molecule has 1 fully saturated rings. The number of pyridine rings is 1. The van der Waals surface area contributed by atoms with E-state index in [-0.39, 0.29) is 18.4 Å². The zero-order valence-electron chi connectivity index (χ0n) is 18.0. The van der Waals surface area contributed by atoms with Crippen LogP contribution in [0, 0.1) is 17.8 Å². The van der Waals surface area contributed by atoms with Crippen molar-refractivity contribution < 1.29 is 9.59 Å². The van der Waals surface area contributed by atoms with E-state index in [0.717, 1.165) is 16.7 Å². The number of aryl methyl sites for hydroxylation is 1. The summed E-state index contributed by atoms with van der Waals surface area (Å²) in [6.45, 7) is 0.938. The Balaban J connectivity index is 1.65. The number of amides is 2. The number of rotatable bonds is 6. The van der Waals surface area contributed by atoms with Gasteiger partial charge in [-0.15, -0.1) is 6.42 Å². The lowest BCUT2D eigenvalue weighted by atomic mass is 9.78. The maximum absolute atomic E-state index is 13.3. The van der Waals surface area contributed by atoms with Gasteiger partial charge in [-0.25, -0.2) is 0 Å². The summed E-state index contributed by atoms with van der Waals surface area (Å²) in [5.74, 6) is 2.17. The number of aromatic nitrogens is 3. The zero-order chi connectivity index (χ0) is 22.6. The van der Waals surface area contributed by atoms with Crippen LogP contribution in [0.5, 0.6) is 0 Å². The molecule has 4 rings (SSSR count). The van der Waals surface area contributed by atoms with Crippen molar-refractivity contribution in [2.24, 2.45) is 12.5 Å². The van der Waals surface area contributed by atoms with E-state index in [1.807, 2.05) is 42.6 Å². The third kappa shape index (κ3) is 4.26. The lowest BCUT2D eigenvalue weighted by molar-refractivity contribution is -0.130. The van der Waals surface area contributed by atoms with Crippen molar-refractivity contribution >= 4 is 11.8 Å². The van der Waals surface area contributed by atoms with E-state index in [1.165, 1.54) is 0 Å². The van der Waals surface area contributed by atoms with Crippen molar-refractivity contribution in [1.29, 1.82) is 0 Å². The van der Waals surface area contributed by atoms with Gasteiger partial charge in [0.2, 0.25) is 5.91 Å². The molecule has 162 valence electrons. The summed E-state index contributed by atoms with van der Waals surface area (Å²) < 4.78 is 1.60. The predicted octanol–water partition coefficient (Wildman–Crippen LogP) is 2.31. The van der Waals surface area contributed by atoms with Gasteiger partial charge in [-0.1, -0.05) is 36.3 Å². The molecular weight excluding hydrogens is 402 g/mol. The highest BCUT2D eigenvalue weighted by atomic mass is 16.2. The first-order chi connectivity index (χ1) is 15.5. The summed E-state index contributed by atoms with van der Waals surface area (Å²) in [5, 5.41) is 7.08. The molecule has 32 heavy (non-hydrogen) atoms. The molecule has 0 radical (unpaired) electrons. The molecule has 1 aliphatic rings. The van der Waals surface area contributed by atoms with E-state index >= 15 is 0 Å². The molecule has 1 atom stereocenters. The summed E-state index contributed by atoms with van der Waals surface area (Å²) in [7, 11) is 1.77. The molecule has 1 saturated heterocycles. The van der Waals surface area contributed by atoms with Crippen LogP contribution in [0.2, 0.25) is 0 Å². The number of likely N-dealkylation sites (tertiary alicyclic amines) is 1. The third-order valence-electron chi connectivity index (χ3n) is 5.93. The number of nitrogens with one attached hydrogen (secondary N) is 1. The van der Waals surface area contributed by atoms with E-state index in [0.29, 0.717) is 31.6 Å². The van der Waals surface area contributed by atoms with Crippen molar-refractivity contribution in [3.05, 3.63) is 72.3 Å². The Morgan fingerprint density at radius 2 is 2.06 bits per heavy atom. The highest BCUT2D eigenvalue weighted by molar-refractivity contribution is 5.94. The number of terminal acetylenes is 1. The van der Waals surface area contributed by atoms with Gasteiger partial charge in [0, 0.05) is 44.3 Å². The molecule has 1 aromatic carbocycles. The Labute approximate surface area is 187 Å². The van der Waals surface area contributed by atoms with Gasteiger partial charge in [0.05, 0.1) is 12.0 Å². The minimum Gasteiger partial charge on any atom is -0.345 e. The Bertz CT molecular complexity index is 1160. The number of hydrogen-bond donors (Lipinski definition) is 1. The molecule has 2 amide bonds. The van der Waals surface area contributed by atoms with Crippen LogP contribution in [0.15, 0.2) is 61.1 Å². The lowest BCUT2D eigenvalue weighted by Gasteiger charge is -2.29. The van der Waals surface area contributed by atoms with Crippen molar-refractivity contribution in [1.82, 2.24) is 25.0 Å². The van der Waals surface area contributed by atoms with E-state index < -0.39 is 5.41 Å². The van der Waals surface area contributed by atoms with Gasteiger partial charge in [0.15, 0.2) is 0 Å². The molecule has 7 nitrogen and oxygen atoms in total. The summed E-state index contributed by atoms with van der Waals surface area (Å²) in [4.78, 5) is 32.3. The smallest absolute Gasteiger partial charge is 0.274 e. The number of benzene rings is 1. The monoisotopic (exact) mass is 427 g/mol. The first-order valence-electron chi connectivity index (χ1n) is 10.5. The van der Waals surface area contributed by atoms with Crippen LogP contribution in [0.25, 0.3) is 11.1 Å². The van der Waals surface area contributed by atoms with E-state index in [9.17, 15) is 9.59 Å². The third-order valence-corrected chi connectivity index (χ3v) is 5.93. The fraction of sp³-hybridized carbons (Fsp3) is 0.280. The van der Waals surface area contributed by atoms with Crippen molar-refractivity contribution in [2.75, 3.05) is 19.6 Å². The molecule has 0 unspecified atom stereocenters. The first kappa shape index (κ1) is 21.3. The first-order valence-corrected chi connectivity index (χ1v) is 10.5. The van der Waals surface area contributed by atoms with Crippen molar-refractivity contribution in [3.63, 3.8) is 0 Å². The molecule has 7 heteroatoms. The van der Waals surface area contributed by atoms with Crippen molar-refractivity contribution in [2.45, 2.75) is 12.8 Å². The molecule has 1 aliphatic heterocycles. The Hall–Kier alpha value is -3.92. The van der Waals surface area contributed by atoms with Crippen LogP contribution < -0.4 is 5.32 Å². The molecule has 2 aromatic heterocycles. The topological polar surface area (TPSA) is 80.1 Å². The van der Waals surface area contributed by atoms with Crippen LogP contribution in [-0.4, -0.2) is 51.1 Å². The predicted molar refractivity (Wildman–Crippen MR) is 121 cm³/mol. The minimum absolute atomic E-state index is 0.132. The molecule has 0 saturated carbocycles. The van der Waals surface area contributed by atoms with E-state index in [1.54, 1.807) is 35.1 Å². The average molecular weight is 428 g/mol. The van der Waals surface area contributed by atoms with Gasteiger partial charge in [0.1, 0.15) is 5.69 Å². The Morgan fingerprint density at radius 1 is 1.22 bits per heavy atom. The van der Waals surface area contributed by atoms with Crippen LogP contribution in [0.1, 0.15) is 22.5 Å². The molecule has 0 aliphatic carbocycles. The molecule has 1 N–H and O–H groups in total. The van der Waals surface area contributed by atoms with E-state index in [4.69, 9.17) is 6.42 Å².